The number of halogens is 1. The summed E-state index contributed by atoms with van der Waals surface area (Å²) in [5.41, 5.74) is 2.78. The van der Waals surface area contributed by atoms with Gasteiger partial charge in [0.05, 0.1) is 0 Å². The molecule has 2 heterocycles. The zero-order valence-corrected chi connectivity index (χ0v) is 14.4. The van der Waals surface area contributed by atoms with Crippen molar-refractivity contribution in [2.24, 2.45) is 0 Å². The first-order valence-corrected chi connectivity index (χ1v) is 8.63. The van der Waals surface area contributed by atoms with E-state index in [1.54, 1.807) is 17.0 Å². The molecule has 0 N–H and O–H groups in total. The van der Waals surface area contributed by atoms with Gasteiger partial charge in [-0.2, -0.15) is 4.98 Å². The van der Waals surface area contributed by atoms with Crippen molar-refractivity contribution in [3.63, 3.8) is 0 Å². The summed E-state index contributed by atoms with van der Waals surface area (Å²) in [6.07, 6.45) is 1.31. The SMILES string of the molecule is CCc1ccc(N2CC(c3noc(-c4ccc(F)cc4)n3)CC2=O)cc1. The minimum absolute atomic E-state index is 0.0485. The number of aromatic nitrogens is 2. The van der Waals surface area contributed by atoms with E-state index >= 15 is 0 Å². The molecule has 2 aromatic carbocycles. The maximum Gasteiger partial charge on any atom is 0.257 e. The third-order valence-electron chi connectivity index (χ3n) is 4.68. The molecular weight excluding hydrogens is 333 g/mol. The van der Waals surface area contributed by atoms with Crippen LogP contribution in [0, 0.1) is 5.82 Å². The number of rotatable bonds is 4. The molecule has 6 heteroatoms. The molecule has 0 aliphatic carbocycles. The van der Waals surface area contributed by atoms with Gasteiger partial charge < -0.3 is 9.42 Å². The Balaban J connectivity index is 1.52. The summed E-state index contributed by atoms with van der Waals surface area (Å²) >= 11 is 0. The van der Waals surface area contributed by atoms with Crippen molar-refractivity contribution in [2.45, 2.75) is 25.7 Å². The van der Waals surface area contributed by atoms with Gasteiger partial charge in [0.25, 0.3) is 5.89 Å². The summed E-state index contributed by atoms with van der Waals surface area (Å²) in [6, 6.07) is 13.9. The van der Waals surface area contributed by atoms with Crippen LogP contribution in [-0.2, 0) is 11.2 Å². The van der Waals surface area contributed by atoms with Gasteiger partial charge in [0.15, 0.2) is 5.82 Å². The van der Waals surface area contributed by atoms with Gasteiger partial charge in [0.2, 0.25) is 5.91 Å². The Morgan fingerprint density at radius 1 is 1.15 bits per heavy atom. The quantitative estimate of drug-likeness (QED) is 0.714. The minimum Gasteiger partial charge on any atom is -0.334 e. The highest BCUT2D eigenvalue weighted by atomic mass is 19.1. The molecule has 0 spiro atoms. The molecule has 0 bridgehead atoms. The number of amides is 1. The Hall–Kier alpha value is -3.02. The first-order chi connectivity index (χ1) is 12.6. The van der Waals surface area contributed by atoms with Crippen molar-refractivity contribution in [1.82, 2.24) is 10.1 Å². The zero-order chi connectivity index (χ0) is 18.1. The number of hydrogen-bond acceptors (Lipinski definition) is 4. The van der Waals surface area contributed by atoms with Gasteiger partial charge in [-0.1, -0.05) is 24.2 Å². The Morgan fingerprint density at radius 3 is 2.58 bits per heavy atom. The van der Waals surface area contributed by atoms with Gasteiger partial charge in [-0.15, -0.1) is 0 Å². The van der Waals surface area contributed by atoms with Crippen molar-refractivity contribution in [3.8, 4) is 11.5 Å². The lowest BCUT2D eigenvalue weighted by molar-refractivity contribution is -0.117. The van der Waals surface area contributed by atoms with Crippen molar-refractivity contribution in [2.75, 3.05) is 11.4 Å². The molecule has 1 saturated heterocycles. The molecule has 1 unspecified atom stereocenters. The van der Waals surface area contributed by atoms with Gasteiger partial charge in [0.1, 0.15) is 5.82 Å². The zero-order valence-electron chi connectivity index (χ0n) is 14.4. The van der Waals surface area contributed by atoms with Crippen molar-refractivity contribution in [3.05, 3.63) is 65.7 Å². The molecule has 1 aliphatic heterocycles. The highest BCUT2D eigenvalue weighted by Crippen LogP contribution is 2.31. The number of nitrogens with zero attached hydrogens (tertiary/aromatic N) is 3. The predicted molar refractivity (Wildman–Crippen MR) is 95.2 cm³/mol. The molecule has 132 valence electrons. The lowest BCUT2D eigenvalue weighted by atomic mass is 10.1. The van der Waals surface area contributed by atoms with Gasteiger partial charge in [-0.3, -0.25) is 4.79 Å². The smallest absolute Gasteiger partial charge is 0.257 e. The van der Waals surface area contributed by atoms with Crippen molar-refractivity contribution in [1.29, 1.82) is 0 Å². The summed E-state index contributed by atoms with van der Waals surface area (Å²) in [5, 5.41) is 4.03. The molecule has 26 heavy (non-hydrogen) atoms. The molecule has 3 aromatic rings. The number of benzene rings is 2. The van der Waals surface area contributed by atoms with Crippen LogP contribution in [0.3, 0.4) is 0 Å². The predicted octanol–water partition coefficient (Wildman–Crippen LogP) is 3.96. The molecule has 0 saturated carbocycles. The second kappa shape index (κ2) is 6.71. The first kappa shape index (κ1) is 16.4. The molecule has 0 radical (unpaired) electrons. The fourth-order valence-electron chi connectivity index (χ4n) is 3.15. The highest BCUT2D eigenvalue weighted by Gasteiger charge is 2.34. The minimum atomic E-state index is -0.320. The van der Waals surface area contributed by atoms with Crippen LogP contribution in [-0.4, -0.2) is 22.6 Å². The molecule has 1 aliphatic rings. The van der Waals surface area contributed by atoms with Gasteiger partial charge in [-0.05, 0) is 48.4 Å². The number of carbonyl (C=O) groups excluding carboxylic acids is 1. The Bertz CT molecular complexity index is 919. The lowest BCUT2D eigenvalue weighted by Gasteiger charge is -2.16. The standard InChI is InChI=1S/C20H18FN3O2/c1-2-13-3-9-17(10-4-13)24-12-15(11-18(24)25)19-22-20(26-23-19)14-5-7-16(21)8-6-14/h3-10,15H,2,11-12H2,1H3. The monoisotopic (exact) mass is 351 g/mol. The van der Waals surface area contributed by atoms with Crippen LogP contribution in [0.5, 0.6) is 0 Å². The molecule has 1 atom stereocenters. The van der Waals surface area contributed by atoms with Gasteiger partial charge in [0, 0.05) is 30.1 Å². The highest BCUT2D eigenvalue weighted by molar-refractivity contribution is 5.96. The number of aryl methyl sites for hydroxylation is 1. The third kappa shape index (κ3) is 3.10. The average molecular weight is 351 g/mol. The van der Waals surface area contributed by atoms with E-state index in [0.717, 1.165) is 12.1 Å². The third-order valence-corrected chi connectivity index (χ3v) is 4.68. The van der Waals surface area contributed by atoms with Crippen LogP contribution in [0.15, 0.2) is 53.1 Å². The number of hydrogen-bond donors (Lipinski definition) is 0. The normalized spacial score (nSPS) is 17.1. The number of anilines is 1. The van der Waals surface area contributed by atoms with E-state index in [9.17, 15) is 9.18 Å². The number of carbonyl (C=O) groups is 1. The van der Waals surface area contributed by atoms with Crippen LogP contribution in [0.1, 0.15) is 30.7 Å². The average Bonchev–Trinajstić information content (AvgIpc) is 3.29. The van der Waals surface area contributed by atoms with Crippen LogP contribution in [0.2, 0.25) is 0 Å². The maximum atomic E-state index is 13.0. The fourth-order valence-corrected chi connectivity index (χ4v) is 3.15. The summed E-state index contributed by atoms with van der Waals surface area (Å²) in [5.74, 6) is 0.446. The Kier molecular flexibility index (Phi) is 4.24. The van der Waals surface area contributed by atoms with Crippen molar-refractivity contribution < 1.29 is 13.7 Å². The van der Waals surface area contributed by atoms with E-state index in [0.29, 0.717) is 30.2 Å². The Labute approximate surface area is 150 Å². The molecule has 5 nitrogen and oxygen atoms in total. The molecule has 4 rings (SSSR count). The van der Waals surface area contributed by atoms with E-state index < -0.39 is 0 Å². The van der Waals surface area contributed by atoms with E-state index in [1.807, 2.05) is 24.3 Å². The van der Waals surface area contributed by atoms with Gasteiger partial charge in [-0.25, -0.2) is 4.39 Å². The van der Waals surface area contributed by atoms with E-state index in [1.165, 1.54) is 17.7 Å². The lowest BCUT2D eigenvalue weighted by Crippen LogP contribution is -2.24. The topological polar surface area (TPSA) is 59.2 Å². The van der Waals surface area contributed by atoms with E-state index in [4.69, 9.17) is 4.52 Å². The summed E-state index contributed by atoms with van der Waals surface area (Å²) in [4.78, 5) is 18.6. The summed E-state index contributed by atoms with van der Waals surface area (Å²) in [7, 11) is 0. The van der Waals surface area contributed by atoms with Crippen LogP contribution in [0.4, 0.5) is 10.1 Å². The summed E-state index contributed by atoms with van der Waals surface area (Å²) in [6.45, 7) is 2.62. The van der Waals surface area contributed by atoms with Crippen molar-refractivity contribution >= 4 is 11.6 Å². The van der Waals surface area contributed by atoms with E-state index in [2.05, 4.69) is 17.1 Å². The Morgan fingerprint density at radius 2 is 1.88 bits per heavy atom. The summed E-state index contributed by atoms with van der Waals surface area (Å²) < 4.78 is 18.3. The largest absolute Gasteiger partial charge is 0.334 e. The second-order valence-electron chi connectivity index (χ2n) is 6.39. The second-order valence-corrected chi connectivity index (χ2v) is 6.39. The van der Waals surface area contributed by atoms with Crippen LogP contribution >= 0.6 is 0 Å². The van der Waals surface area contributed by atoms with Crippen LogP contribution in [0.25, 0.3) is 11.5 Å². The maximum absolute atomic E-state index is 13.0. The molecule has 1 fully saturated rings. The molecule has 1 amide bonds. The fraction of sp³-hybridized carbons (Fsp3) is 0.250. The van der Waals surface area contributed by atoms with Gasteiger partial charge >= 0.3 is 0 Å². The van der Waals surface area contributed by atoms with E-state index in [-0.39, 0.29) is 17.6 Å². The first-order valence-electron chi connectivity index (χ1n) is 8.63. The molecular formula is C20H18FN3O2. The van der Waals surface area contributed by atoms with Crippen LogP contribution < -0.4 is 4.90 Å². The molecule has 1 aromatic heterocycles.